The number of amides is 2. The Morgan fingerprint density at radius 2 is 2.14 bits per heavy atom. The molecule has 28 heavy (non-hydrogen) atoms. The van der Waals surface area contributed by atoms with Crippen molar-refractivity contribution >= 4 is 34.4 Å². The predicted molar refractivity (Wildman–Crippen MR) is 117 cm³/mol. The van der Waals surface area contributed by atoms with Gasteiger partial charge in [0, 0.05) is 36.1 Å². The first-order chi connectivity index (χ1) is 13.6. The van der Waals surface area contributed by atoms with Crippen LogP contribution in [0.4, 0.5) is 16.2 Å². The van der Waals surface area contributed by atoms with Gasteiger partial charge in [-0.3, -0.25) is 4.98 Å². The third-order valence-electron chi connectivity index (χ3n) is 4.95. The molecule has 0 spiro atoms. The lowest BCUT2D eigenvalue weighted by atomic mass is 10.2. The third-order valence-corrected chi connectivity index (χ3v) is 5.71. The highest BCUT2D eigenvalue weighted by Gasteiger charge is 2.20. The van der Waals surface area contributed by atoms with Crippen LogP contribution in [0.25, 0.3) is 5.70 Å². The number of carbonyl (C=O) groups excluding carboxylic acids is 1. The average molecular weight is 400 g/mol. The van der Waals surface area contributed by atoms with Gasteiger partial charge in [0.15, 0.2) is 0 Å². The minimum absolute atomic E-state index is 0.0248. The standard InChI is InChI=1S/C21H29N5OS/c1-3-10-26(21(27)25-17-6-4-5-7-17)12-16-8-9-19(23-11-16)15(2)24-20-14-28-13-18(20)22/h8-9,11,13-14,17,24H,2-7,10,12,22H2,1H3,(H,25,27). The number of rotatable bonds is 8. The van der Waals surface area contributed by atoms with E-state index < -0.39 is 0 Å². The van der Waals surface area contributed by atoms with Gasteiger partial charge in [0.2, 0.25) is 0 Å². The molecule has 0 aliphatic heterocycles. The number of nitrogens with one attached hydrogen (secondary N) is 2. The summed E-state index contributed by atoms with van der Waals surface area (Å²) in [6.07, 6.45) is 7.33. The van der Waals surface area contributed by atoms with Gasteiger partial charge in [-0.25, -0.2) is 4.79 Å². The molecule has 2 aromatic rings. The molecule has 150 valence electrons. The van der Waals surface area contributed by atoms with Gasteiger partial charge in [0.25, 0.3) is 0 Å². The Hall–Kier alpha value is -2.54. The summed E-state index contributed by atoms with van der Waals surface area (Å²) in [7, 11) is 0. The molecule has 7 heteroatoms. The molecule has 2 heterocycles. The van der Waals surface area contributed by atoms with Crippen LogP contribution in [-0.4, -0.2) is 28.5 Å². The normalized spacial score (nSPS) is 14.0. The summed E-state index contributed by atoms with van der Waals surface area (Å²) in [5, 5.41) is 10.2. The fourth-order valence-electron chi connectivity index (χ4n) is 3.41. The van der Waals surface area contributed by atoms with Crippen molar-refractivity contribution in [3.8, 4) is 0 Å². The lowest BCUT2D eigenvalue weighted by molar-refractivity contribution is 0.191. The molecule has 0 saturated heterocycles. The number of carbonyl (C=O) groups is 1. The molecule has 1 aliphatic rings. The number of nitrogens with two attached hydrogens (primary N) is 1. The molecular formula is C21H29N5OS. The molecule has 1 aliphatic carbocycles. The van der Waals surface area contributed by atoms with Crippen molar-refractivity contribution < 1.29 is 4.79 Å². The van der Waals surface area contributed by atoms with Crippen molar-refractivity contribution in [2.45, 2.75) is 51.6 Å². The first kappa shape index (κ1) is 20.2. The predicted octanol–water partition coefficient (Wildman–Crippen LogP) is 4.67. The molecule has 4 N–H and O–H groups in total. The van der Waals surface area contributed by atoms with Crippen LogP contribution in [0.3, 0.4) is 0 Å². The summed E-state index contributed by atoms with van der Waals surface area (Å²) < 4.78 is 0. The number of hydrogen-bond donors (Lipinski definition) is 3. The minimum atomic E-state index is 0.0248. The zero-order valence-electron chi connectivity index (χ0n) is 16.4. The van der Waals surface area contributed by atoms with Crippen molar-refractivity contribution in [2.24, 2.45) is 0 Å². The number of nitrogen functional groups attached to an aromatic ring is 1. The smallest absolute Gasteiger partial charge is 0.317 e. The Morgan fingerprint density at radius 1 is 1.36 bits per heavy atom. The van der Waals surface area contributed by atoms with Gasteiger partial charge in [-0.15, -0.1) is 11.3 Å². The molecule has 2 aromatic heterocycles. The molecule has 0 radical (unpaired) electrons. The zero-order valence-corrected chi connectivity index (χ0v) is 17.2. The van der Waals surface area contributed by atoms with E-state index in [0.717, 1.165) is 42.8 Å². The number of nitrogens with zero attached hydrogens (tertiary/aromatic N) is 2. The van der Waals surface area contributed by atoms with Gasteiger partial charge in [-0.05, 0) is 30.9 Å². The molecule has 3 rings (SSSR count). The second kappa shape index (κ2) is 9.59. The fraction of sp³-hybridized carbons (Fsp3) is 0.429. The summed E-state index contributed by atoms with van der Waals surface area (Å²) in [5.41, 5.74) is 9.90. The number of thiophene rings is 1. The Labute approximate surface area is 170 Å². The molecule has 1 saturated carbocycles. The minimum Gasteiger partial charge on any atom is -0.396 e. The van der Waals surface area contributed by atoms with Crippen LogP contribution in [0.1, 0.15) is 50.3 Å². The summed E-state index contributed by atoms with van der Waals surface area (Å²) in [6, 6.07) is 4.27. The van der Waals surface area contributed by atoms with E-state index in [0.29, 0.717) is 24.0 Å². The Morgan fingerprint density at radius 3 is 2.75 bits per heavy atom. The molecule has 0 atom stereocenters. The molecule has 0 aromatic carbocycles. The van der Waals surface area contributed by atoms with E-state index in [1.165, 1.54) is 24.2 Å². The SMILES string of the molecule is C=C(Nc1cscc1N)c1ccc(CN(CCC)C(=O)NC2CCCC2)cn1. The van der Waals surface area contributed by atoms with Crippen molar-refractivity contribution in [1.29, 1.82) is 0 Å². The number of urea groups is 1. The van der Waals surface area contributed by atoms with Gasteiger partial charge in [-0.1, -0.05) is 32.4 Å². The van der Waals surface area contributed by atoms with Gasteiger partial charge < -0.3 is 21.3 Å². The highest BCUT2D eigenvalue weighted by atomic mass is 32.1. The van der Waals surface area contributed by atoms with Crippen LogP contribution < -0.4 is 16.4 Å². The maximum absolute atomic E-state index is 12.6. The van der Waals surface area contributed by atoms with E-state index >= 15 is 0 Å². The van der Waals surface area contributed by atoms with Gasteiger partial charge in [0.1, 0.15) is 0 Å². The highest BCUT2D eigenvalue weighted by molar-refractivity contribution is 7.08. The zero-order chi connectivity index (χ0) is 19.9. The first-order valence-electron chi connectivity index (χ1n) is 9.85. The molecule has 2 amide bonds. The van der Waals surface area contributed by atoms with Gasteiger partial charge >= 0.3 is 6.03 Å². The fourth-order valence-corrected chi connectivity index (χ4v) is 4.08. The lowest BCUT2D eigenvalue weighted by Gasteiger charge is -2.25. The molecular weight excluding hydrogens is 370 g/mol. The first-order valence-corrected chi connectivity index (χ1v) is 10.8. The highest BCUT2D eigenvalue weighted by Crippen LogP contribution is 2.26. The molecule has 0 bridgehead atoms. The molecule has 1 fully saturated rings. The van der Waals surface area contributed by atoms with E-state index in [-0.39, 0.29) is 6.03 Å². The largest absolute Gasteiger partial charge is 0.396 e. The van der Waals surface area contributed by atoms with Gasteiger partial charge in [0.05, 0.1) is 22.8 Å². The van der Waals surface area contributed by atoms with Crippen LogP contribution in [0.2, 0.25) is 0 Å². The Balaban J connectivity index is 1.59. The lowest BCUT2D eigenvalue weighted by Crippen LogP contribution is -2.44. The molecule has 6 nitrogen and oxygen atoms in total. The summed E-state index contributed by atoms with van der Waals surface area (Å²) in [4.78, 5) is 19.0. The van der Waals surface area contributed by atoms with E-state index in [4.69, 9.17) is 5.73 Å². The van der Waals surface area contributed by atoms with Crippen LogP contribution in [0, 0.1) is 0 Å². The maximum Gasteiger partial charge on any atom is 0.317 e. The van der Waals surface area contributed by atoms with Crippen LogP contribution >= 0.6 is 11.3 Å². The molecule has 0 unspecified atom stereocenters. The van der Waals surface area contributed by atoms with Crippen molar-refractivity contribution in [1.82, 2.24) is 15.2 Å². The van der Waals surface area contributed by atoms with E-state index in [2.05, 4.69) is 29.1 Å². The number of anilines is 2. The summed E-state index contributed by atoms with van der Waals surface area (Å²) in [5.74, 6) is 0. The Bertz CT molecular complexity index is 795. The average Bonchev–Trinajstić information content (AvgIpc) is 3.34. The van der Waals surface area contributed by atoms with E-state index in [1.54, 1.807) is 0 Å². The maximum atomic E-state index is 12.6. The van der Waals surface area contributed by atoms with Gasteiger partial charge in [-0.2, -0.15) is 0 Å². The number of aromatic nitrogens is 1. The van der Waals surface area contributed by atoms with E-state index in [1.807, 2.05) is 34.0 Å². The quantitative estimate of drug-likeness (QED) is 0.602. The second-order valence-electron chi connectivity index (χ2n) is 7.25. The summed E-state index contributed by atoms with van der Waals surface area (Å²) >= 11 is 1.54. The topological polar surface area (TPSA) is 83.3 Å². The van der Waals surface area contributed by atoms with Crippen LogP contribution in [0.5, 0.6) is 0 Å². The van der Waals surface area contributed by atoms with Crippen molar-refractivity contribution in [2.75, 3.05) is 17.6 Å². The number of hydrogen-bond acceptors (Lipinski definition) is 5. The number of pyridine rings is 1. The summed E-state index contributed by atoms with van der Waals surface area (Å²) in [6.45, 7) is 7.41. The monoisotopic (exact) mass is 399 g/mol. The van der Waals surface area contributed by atoms with Crippen LogP contribution in [0.15, 0.2) is 35.7 Å². The van der Waals surface area contributed by atoms with Crippen molar-refractivity contribution in [3.63, 3.8) is 0 Å². The van der Waals surface area contributed by atoms with Crippen LogP contribution in [-0.2, 0) is 6.54 Å². The van der Waals surface area contributed by atoms with Crippen molar-refractivity contribution in [3.05, 3.63) is 46.9 Å². The van der Waals surface area contributed by atoms with E-state index in [9.17, 15) is 4.79 Å². The Kier molecular flexibility index (Phi) is 6.92. The third kappa shape index (κ3) is 5.25. The second-order valence-corrected chi connectivity index (χ2v) is 7.99.